The Kier molecular flexibility index (Phi) is 3.50. The average molecular weight is 262 g/mol. The van der Waals surface area contributed by atoms with E-state index in [0.29, 0.717) is 6.42 Å². The van der Waals surface area contributed by atoms with Gasteiger partial charge in [-0.3, -0.25) is 9.59 Å². The summed E-state index contributed by atoms with van der Waals surface area (Å²) in [6, 6.07) is 6.22. The molecule has 100 valence electrons. The molecular weight excluding hydrogens is 248 g/mol. The van der Waals surface area contributed by atoms with Crippen molar-refractivity contribution < 1.29 is 19.5 Å². The summed E-state index contributed by atoms with van der Waals surface area (Å²) in [5, 5.41) is 11.3. The first kappa shape index (κ1) is 13.1. The van der Waals surface area contributed by atoms with E-state index in [2.05, 4.69) is 5.32 Å². The fourth-order valence-electron chi connectivity index (χ4n) is 2.17. The van der Waals surface area contributed by atoms with Gasteiger partial charge in [-0.2, -0.15) is 0 Å². The van der Waals surface area contributed by atoms with Crippen molar-refractivity contribution in [3.63, 3.8) is 0 Å². The number of aliphatic carboxylic acids is 1. The smallest absolute Gasteiger partial charge is 0.326 e. The number of primary amides is 1. The quantitative estimate of drug-likeness (QED) is 0.680. The largest absolute Gasteiger partial charge is 0.480 e. The van der Waals surface area contributed by atoms with Gasteiger partial charge in [0.1, 0.15) is 6.04 Å². The zero-order valence-electron chi connectivity index (χ0n) is 10.1. The molecule has 4 N–H and O–H groups in total. The molecule has 0 aliphatic heterocycles. The van der Waals surface area contributed by atoms with Gasteiger partial charge < -0.3 is 16.2 Å². The van der Waals surface area contributed by atoms with E-state index in [1.54, 1.807) is 0 Å². The van der Waals surface area contributed by atoms with Crippen LogP contribution in [0.5, 0.6) is 0 Å². The number of hydrogen-bond donors (Lipinski definition) is 3. The second-order valence-electron chi connectivity index (χ2n) is 4.53. The number of carbonyl (C=O) groups excluding carboxylic acids is 2. The monoisotopic (exact) mass is 262 g/mol. The van der Waals surface area contributed by atoms with Gasteiger partial charge in [-0.1, -0.05) is 24.3 Å². The number of nitrogens with one attached hydrogen (secondary N) is 1. The molecule has 1 aromatic carbocycles. The summed E-state index contributed by atoms with van der Waals surface area (Å²) in [5.41, 5.74) is 6.95. The van der Waals surface area contributed by atoms with Crippen LogP contribution in [-0.2, 0) is 20.8 Å². The fraction of sp³-hybridized carbons (Fsp3) is 0.308. The van der Waals surface area contributed by atoms with Gasteiger partial charge in [0.2, 0.25) is 11.8 Å². The molecule has 0 fully saturated rings. The van der Waals surface area contributed by atoms with Gasteiger partial charge in [0.15, 0.2) is 0 Å². The van der Waals surface area contributed by atoms with Gasteiger partial charge >= 0.3 is 5.97 Å². The summed E-state index contributed by atoms with van der Waals surface area (Å²) in [6.07, 6.45) is 0.181. The molecule has 1 aromatic rings. The molecule has 0 bridgehead atoms. The molecule has 19 heavy (non-hydrogen) atoms. The standard InChI is InChI=1S/C13H14N2O4/c14-11(16)6-10(13(18)19)15-12(17)9-5-7-3-1-2-4-8(7)9/h1-4,9-10H,5-6H2,(H2,14,16)(H,15,17)(H,18,19)/t9?,10-/m1/s1. The van der Waals surface area contributed by atoms with E-state index in [4.69, 9.17) is 10.8 Å². The molecular formula is C13H14N2O4. The molecule has 0 saturated heterocycles. The summed E-state index contributed by atoms with van der Waals surface area (Å²) in [4.78, 5) is 33.6. The molecule has 1 aliphatic carbocycles. The molecule has 0 spiro atoms. The van der Waals surface area contributed by atoms with Gasteiger partial charge in [0.05, 0.1) is 12.3 Å². The highest BCUT2D eigenvalue weighted by molar-refractivity contribution is 5.92. The van der Waals surface area contributed by atoms with Crippen LogP contribution in [0.4, 0.5) is 0 Å². The lowest BCUT2D eigenvalue weighted by atomic mass is 9.77. The van der Waals surface area contributed by atoms with Crippen molar-refractivity contribution in [2.24, 2.45) is 5.73 Å². The molecule has 2 rings (SSSR count). The molecule has 0 radical (unpaired) electrons. The third kappa shape index (κ3) is 2.73. The maximum Gasteiger partial charge on any atom is 0.326 e. The predicted octanol–water partition coefficient (Wildman–Crippen LogP) is -0.229. The number of carboxylic acid groups (broad SMARTS) is 1. The molecule has 6 nitrogen and oxygen atoms in total. The van der Waals surface area contributed by atoms with Crippen LogP contribution in [0.25, 0.3) is 0 Å². The Hall–Kier alpha value is -2.37. The number of nitrogens with two attached hydrogens (primary N) is 1. The fourth-order valence-corrected chi connectivity index (χ4v) is 2.17. The number of fused-ring (bicyclic) bond motifs is 1. The van der Waals surface area contributed by atoms with Crippen molar-refractivity contribution in [1.29, 1.82) is 0 Å². The van der Waals surface area contributed by atoms with Crippen LogP contribution < -0.4 is 11.1 Å². The SMILES string of the molecule is NC(=O)C[C@@H](NC(=O)C1Cc2ccccc21)C(=O)O. The molecule has 1 aliphatic rings. The number of hydrogen-bond acceptors (Lipinski definition) is 3. The topological polar surface area (TPSA) is 109 Å². The highest BCUT2D eigenvalue weighted by atomic mass is 16.4. The third-order valence-corrected chi connectivity index (χ3v) is 3.19. The Balaban J connectivity index is 2.02. The molecule has 2 atom stereocenters. The second-order valence-corrected chi connectivity index (χ2v) is 4.53. The molecule has 0 saturated carbocycles. The summed E-state index contributed by atoms with van der Waals surface area (Å²) in [6.45, 7) is 0. The van der Waals surface area contributed by atoms with Gasteiger partial charge in [0, 0.05) is 0 Å². The van der Waals surface area contributed by atoms with E-state index in [0.717, 1.165) is 11.1 Å². The first-order valence-electron chi connectivity index (χ1n) is 5.88. The lowest BCUT2D eigenvalue weighted by Gasteiger charge is -2.29. The maximum atomic E-state index is 12.0. The van der Waals surface area contributed by atoms with Crippen LogP contribution >= 0.6 is 0 Å². The zero-order valence-corrected chi connectivity index (χ0v) is 10.1. The van der Waals surface area contributed by atoms with Crippen LogP contribution in [0, 0.1) is 0 Å². The van der Waals surface area contributed by atoms with Crippen molar-refractivity contribution in [3.8, 4) is 0 Å². The molecule has 0 aromatic heterocycles. The van der Waals surface area contributed by atoms with Crippen molar-refractivity contribution in [2.75, 3.05) is 0 Å². The van der Waals surface area contributed by atoms with E-state index < -0.39 is 24.3 Å². The molecule has 0 heterocycles. The first-order chi connectivity index (χ1) is 8.99. The zero-order chi connectivity index (χ0) is 14.0. The Bertz CT molecular complexity index is 541. The van der Waals surface area contributed by atoms with Crippen molar-refractivity contribution in [3.05, 3.63) is 35.4 Å². The van der Waals surface area contributed by atoms with E-state index in [1.165, 1.54) is 0 Å². The van der Waals surface area contributed by atoms with Gasteiger partial charge in [-0.25, -0.2) is 4.79 Å². The normalized spacial score (nSPS) is 17.8. The van der Waals surface area contributed by atoms with Crippen LogP contribution in [-0.4, -0.2) is 28.9 Å². The Morgan fingerprint density at radius 1 is 1.37 bits per heavy atom. The van der Waals surface area contributed by atoms with Gasteiger partial charge in [0.25, 0.3) is 0 Å². The minimum atomic E-state index is -1.27. The van der Waals surface area contributed by atoms with E-state index >= 15 is 0 Å². The minimum absolute atomic E-state index is 0.342. The molecule has 2 amide bonds. The highest BCUT2D eigenvalue weighted by Gasteiger charge is 2.34. The first-order valence-corrected chi connectivity index (χ1v) is 5.88. The van der Waals surface area contributed by atoms with Crippen molar-refractivity contribution >= 4 is 17.8 Å². The lowest BCUT2D eigenvalue weighted by Crippen LogP contribution is -2.46. The Labute approximate surface area is 109 Å². The highest BCUT2D eigenvalue weighted by Crippen LogP contribution is 2.34. The summed E-state index contributed by atoms with van der Waals surface area (Å²) >= 11 is 0. The number of carboxylic acids is 1. The third-order valence-electron chi connectivity index (χ3n) is 3.19. The van der Waals surface area contributed by atoms with Crippen LogP contribution in [0.3, 0.4) is 0 Å². The number of carbonyl (C=O) groups is 3. The molecule has 6 heteroatoms. The summed E-state index contributed by atoms with van der Waals surface area (Å²) in [5.74, 6) is -2.75. The Morgan fingerprint density at radius 3 is 2.63 bits per heavy atom. The average Bonchev–Trinajstić information content (AvgIpc) is 2.29. The van der Waals surface area contributed by atoms with E-state index in [9.17, 15) is 14.4 Å². The number of amides is 2. The minimum Gasteiger partial charge on any atom is -0.480 e. The van der Waals surface area contributed by atoms with Crippen LogP contribution in [0.2, 0.25) is 0 Å². The predicted molar refractivity (Wildman–Crippen MR) is 66.3 cm³/mol. The lowest BCUT2D eigenvalue weighted by molar-refractivity contribution is -0.143. The van der Waals surface area contributed by atoms with Crippen molar-refractivity contribution in [1.82, 2.24) is 5.32 Å². The maximum absolute atomic E-state index is 12.0. The molecule has 1 unspecified atom stereocenters. The van der Waals surface area contributed by atoms with Gasteiger partial charge in [-0.15, -0.1) is 0 Å². The second kappa shape index (κ2) is 5.09. The number of benzene rings is 1. The van der Waals surface area contributed by atoms with E-state index in [1.807, 2.05) is 24.3 Å². The summed E-state index contributed by atoms with van der Waals surface area (Å²) < 4.78 is 0. The van der Waals surface area contributed by atoms with Gasteiger partial charge in [-0.05, 0) is 17.5 Å². The van der Waals surface area contributed by atoms with Crippen molar-refractivity contribution in [2.45, 2.75) is 24.8 Å². The summed E-state index contributed by atoms with van der Waals surface area (Å²) in [7, 11) is 0. The van der Waals surface area contributed by atoms with Crippen LogP contribution in [0.15, 0.2) is 24.3 Å². The van der Waals surface area contributed by atoms with E-state index in [-0.39, 0.29) is 11.8 Å². The number of rotatable bonds is 5. The Morgan fingerprint density at radius 2 is 2.05 bits per heavy atom. The van der Waals surface area contributed by atoms with Crippen LogP contribution in [0.1, 0.15) is 23.5 Å².